The summed E-state index contributed by atoms with van der Waals surface area (Å²) in [5, 5.41) is 12.1. The van der Waals surface area contributed by atoms with Crippen molar-refractivity contribution >= 4 is 21.9 Å². The number of imidazole rings is 1. The zero-order chi connectivity index (χ0) is 27.8. The molecule has 0 radical (unpaired) electrons. The van der Waals surface area contributed by atoms with Gasteiger partial charge in [0.05, 0.1) is 35.6 Å². The predicted molar refractivity (Wildman–Crippen MR) is 158 cm³/mol. The van der Waals surface area contributed by atoms with Gasteiger partial charge < -0.3 is 15.0 Å². The Morgan fingerprint density at radius 1 is 1.00 bits per heavy atom. The van der Waals surface area contributed by atoms with Gasteiger partial charge in [0.25, 0.3) is 0 Å². The highest BCUT2D eigenvalue weighted by Gasteiger charge is 2.18. The van der Waals surface area contributed by atoms with Crippen LogP contribution in [0.4, 0.5) is 4.39 Å². The van der Waals surface area contributed by atoms with Crippen LogP contribution in [0.2, 0.25) is 0 Å². The summed E-state index contributed by atoms with van der Waals surface area (Å²) in [5.41, 5.74) is 7.43. The van der Waals surface area contributed by atoms with E-state index in [9.17, 15) is 4.39 Å². The highest BCUT2D eigenvalue weighted by molar-refractivity contribution is 5.97. The van der Waals surface area contributed by atoms with Crippen LogP contribution in [-0.2, 0) is 6.54 Å². The topological polar surface area (TPSA) is 104 Å². The van der Waals surface area contributed by atoms with E-state index < -0.39 is 0 Å². The Hall–Kier alpha value is -4.63. The van der Waals surface area contributed by atoms with Crippen LogP contribution in [0.5, 0.6) is 5.75 Å². The molecule has 1 aliphatic carbocycles. The molecule has 7 rings (SSSR count). The average Bonchev–Trinajstić information content (AvgIpc) is 3.76. The fourth-order valence-corrected chi connectivity index (χ4v) is 5.83. The molecule has 2 aromatic carbocycles. The minimum Gasteiger partial charge on any atom is -0.497 e. The molecule has 3 N–H and O–H groups in total. The summed E-state index contributed by atoms with van der Waals surface area (Å²) in [6.07, 6.45) is 10.9. The van der Waals surface area contributed by atoms with E-state index in [2.05, 4.69) is 36.5 Å². The fraction of sp³-hybridized carbons (Fsp3) is 0.250. The van der Waals surface area contributed by atoms with Gasteiger partial charge in [0, 0.05) is 41.5 Å². The maximum atomic E-state index is 14.3. The van der Waals surface area contributed by atoms with E-state index in [1.165, 1.54) is 44.9 Å². The molecule has 4 heterocycles. The minimum atomic E-state index is -0.367. The average molecular weight is 548 g/mol. The number of rotatable bonds is 8. The molecule has 0 aliphatic heterocycles. The van der Waals surface area contributed by atoms with Gasteiger partial charge in [-0.05, 0) is 66.8 Å². The molecular formula is C32H30FN7O. The van der Waals surface area contributed by atoms with Crippen molar-refractivity contribution in [3.05, 3.63) is 78.5 Å². The first-order valence-electron chi connectivity index (χ1n) is 14.0. The minimum absolute atomic E-state index is 0.367. The number of hydrogen-bond donors (Lipinski definition) is 3. The number of nitrogens with zero attached hydrogens (tertiary/aromatic N) is 4. The van der Waals surface area contributed by atoms with Crippen LogP contribution in [-0.4, -0.2) is 43.8 Å². The largest absolute Gasteiger partial charge is 0.497 e. The lowest BCUT2D eigenvalue weighted by molar-refractivity contribution is 0.411. The summed E-state index contributed by atoms with van der Waals surface area (Å²) >= 11 is 0. The molecule has 4 aromatic heterocycles. The number of fused-ring (bicyclic) bond motifs is 2. The molecule has 1 fully saturated rings. The number of nitrogens with one attached hydrogen (secondary N) is 3. The number of para-hydroxylation sites is 1. The number of benzene rings is 2. The molecule has 9 heteroatoms. The number of aromatic amines is 2. The van der Waals surface area contributed by atoms with Crippen LogP contribution >= 0.6 is 0 Å². The molecule has 41 heavy (non-hydrogen) atoms. The highest BCUT2D eigenvalue weighted by Crippen LogP contribution is 2.34. The number of pyridine rings is 2. The molecule has 0 atom stereocenters. The van der Waals surface area contributed by atoms with Gasteiger partial charge in [-0.15, -0.1) is 0 Å². The summed E-state index contributed by atoms with van der Waals surface area (Å²) in [6.45, 7) is 1.84. The van der Waals surface area contributed by atoms with Crippen molar-refractivity contribution in [2.24, 2.45) is 5.92 Å². The highest BCUT2D eigenvalue weighted by atomic mass is 19.1. The monoisotopic (exact) mass is 547 g/mol. The fourth-order valence-electron chi connectivity index (χ4n) is 5.83. The number of H-pyrrole nitrogens is 2. The quantitative estimate of drug-likeness (QED) is 0.197. The zero-order valence-electron chi connectivity index (χ0n) is 22.7. The second kappa shape index (κ2) is 10.7. The number of hydrogen-bond acceptors (Lipinski definition) is 6. The van der Waals surface area contributed by atoms with Crippen molar-refractivity contribution in [3.63, 3.8) is 0 Å². The third-order valence-electron chi connectivity index (χ3n) is 7.93. The zero-order valence-corrected chi connectivity index (χ0v) is 22.7. The molecule has 6 aromatic rings. The Morgan fingerprint density at radius 2 is 1.90 bits per heavy atom. The summed E-state index contributed by atoms with van der Waals surface area (Å²) < 4.78 is 19.6. The van der Waals surface area contributed by atoms with Crippen LogP contribution in [0.25, 0.3) is 55.8 Å². The van der Waals surface area contributed by atoms with Crippen molar-refractivity contribution in [3.8, 4) is 39.7 Å². The van der Waals surface area contributed by atoms with Gasteiger partial charge in [0.2, 0.25) is 0 Å². The third kappa shape index (κ3) is 5.04. The molecule has 206 valence electrons. The molecule has 0 unspecified atom stereocenters. The van der Waals surface area contributed by atoms with Gasteiger partial charge >= 0.3 is 0 Å². The van der Waals surface area contributed by atoms with Gasteiger partial charge in [-0.1, -0.05) is 25.0 Å². The van der Waals surface area contributed by atoms with Crippen molar-refractivity contribution in [2.75, 3.05) is 13.7 Å². The second-order valence-corrected chi connectivity index (χ2v) is 10.7. The molecule has 1 aliphatic rings. The first-order valence-corrected chi connectivity index (χ1v) is 14.0. The SMILES string of the molecule is COc1cc(F)cc(-c2cccc3[nH]c(-c4n[nH]c5cnc(-c6cncc(CNCC7CCCC7)c6)cc45)nc23)c1. The van der Waals surface area contributed by atoms with Crippen LogP contribution in [0.15, 0.2) is 67.1 Å². The first kappa shape index (κ1) is 25.3. The van der Waals surface area contributed by atoms with Crippen molar-refractivity contribution in [2.45, 2.75) is 32.2 Å². The predicted octanol–water partition coefficient (Wildman–Crippen LogP) is 6.66. The van der Waals surface area contributed by atoms with E-state index in [4.69, 9.17) is 9.72 Å². The molecule has 0 saturated heterocycles. The van der Waals surface area contributed by atoms with E-state index in [-0.39, 0.29) is 5.82 Å². The smallest absolute Gasteiger partial charge is 0.159 e. The van der Waals surface area contributed by atoms with Gasteiger partial charge in [-0.25, -0.2) is 9.37 Å². The molecular weight excluding hydrogens is 517 g/mol. The Kier molecular flexibility index (Phi) is 6.64. The van der Waals surface area contributed by atoms with Crippen LogP contribution < -0.4 is 10.1 Å². The number of methoxy groups -OCH3 is 1. The number of halogens is 1. The second-order valence-electron chi connectivity index (χ2n) is 10.7. The van der Waals surface area contributed by atoms with Gasteiger partial charge in [0.15, 0.2) is 5.82 Å². The lowest BCUT2D eigenvalue weighted by atomic mass is 10.0. The molecule has 0 amide bonds. The summed E-state index contributed by atoms with van der Waals surface area (Å²) in [6, 6.07) is 14.6. The van der Waals surface area contributed by atoms with Crippen LogP contribution in [0.3, 0.4) is 0 Å². The molecule has 0 spiro atoms. The summed E-state index contributed by atoms with van der Waals surface area (Å²) in [5.74, 6) is 1.49. The lowest BCUT2D eigenvalue weighted by Gasteiger charge is -2.11. The van der Waals surface area contributed by atoms with E-state index in [1.54, 1.807) is 12.3 Å². The number of ether oxygens (including phenoxy) is 1. The first-order chi connectivity index (χ1) is 20.1. The third-order valence-corrected chi connectivity index (χ3v) is 7.93. The van der Waals surface area contributed by atoms with Crippen molar-refractivity contribution in [1.29, 1.82) is 0 Å². The Morgan fingerprint density at radius 3 is 2.78 bits per heavy atom. The maximum absolute atomic E-state index is 14.3. The van der Waals surface area contributed by atoms with E-state index in [0.29, 0.717) is 22.8 Å². The molecule has 0 bridgehead atoms. The van der Waals surface area contributed by atoms with Gasteiger partial charge in [0.1, 0.15) is 17.3 Å². The van der Waals surface area contributed by atoms with Crippen LogP contribution in [0, 0.1) is 11.7 Å². The Bertz CT molecular complexity index is 1850. The summed E-state index contributed by atoms with van der Waals surface area (Å²) in [4.78, 5) is 17.5. The maximum Gasteiger partial charge on any atom is 0.159 e. The van der Waals surface area contributed by atoms with Crippen molar-refractivity contribution < 1.29 is 9.13 Å². The molecule has 8 nitrogen and oxygen atoms in total. The number of aromatic nitrogens is 6. The van der Waals surface area contributed by atoms with E-state index >= 15 is 0 Å². The van der Waals surface area contributed by atoms with Gasteiger partial charge in [-0.3, -0.25) is 15.1 Å². The lowest BCUT2D eigenvalue weighted by Crippen LogP contribution is -2.20. The Balaban J connectivity index is 1.21. The molecule has 1 saturated carbocycles. The standard InChI is InChI=1S/C32H30FN7O/c1-41-24-11-21(10-23(33)12-24)25-7-4-8-27-30(25)38-32(37-27)31-26-13-28(36-18-29(26)39-40-31)22-9-20(16-35-17-22)15-34-14-19-5-2-3-6-19/h4,7-13,16-19,34H,2-3,5-6,14-15H2,1H3,(H,37,38)(H,39,40). The Labute approximate surface area is 236 Å². The van der Waals surface area contributed by atoms with Gasteiger partial charge in [-0.2, -0.15) is 5.10 Å². The van der Waals surface area contributed by atoms with E-state index in [1.807, 2.05) is 36.7 Å². The van der Waals surface area contributed by atoms with E-state index in [0.717, 1.165) is 63.3 Å². The normalized spacial score (nSPS) is 13.9. The van der Waals surface area contributed by atoms with Crippen molar-refractivity contribution in [1.82, 2.24) is 35.5 Å². The summed E-state index contributed by atoms with van der Waals surface area (Å²) in [7, 11) is 1.53. The van der Waals surface area contributed by atoms with Crippen LogP contribution in [0.1, 0.15) is 31.2 Å².